The van der Waals surface area contributed by atoms with E-state index < -0.39 is 23.7 Å². The second-order valence-electron chi connectivity index (χ2n) is 9.13. The molecule has 4 aliphatic carbocycles. The molecule has 4 bridgehead atoms. The molecule has 0 heterocycles. The van der Waals surface area contributed by atoms with Gasteiger partial charge in [0.05, 0.1) is 6.54 Å². The molecule has 4 aliphatic rings. The van der Waals surface area contributed by atoms with Crippen LogP contribution in [0.2, 0.25) is 0 Å². The van der Waals surface area contributed by atoms with Gasteiger partial charge in [-0.2, -0.15) is 0 Å². The van der Waals surface area contributed by atoms with Gasteiger partial charge >= 0.3 is 0 Å². The lowest BCUT2D eigenvalue weighted by atomic mass is 9.49. The van der Waals surface area contributed by atoms with Crippen LogP contribution >= 0.6 is 0 Å². The highest BCUT2D eigenvalue weighted by molar-refractivity contribution is 5.89. The minimum absolute atomic E-state index is 0.0314. The van der Waals surface area contributed by atoms with E-state index in [1.165, 1.54) is 50.5 Å². The molecule has 0 saturated heterocycles. The molecule has 0 unspecified atom stereocenters. The van der Waals surface area contributed by atoms with Crippen molar-refractivity contribution in [2.24, 2.45) is 23.2 Å². The van der Waals surface area contributed by atoms with E-state index in [9.17, 15) is 18.8 Å². The third kappa shape index (κ3) is 4.42. The van der Waals surface area contributed by atoms with E-state index in [0.29, 0.717) is 23.5 Å². The van der Waals surface area contributed by atoms with Gasteiger partial charge in [-0.15, -0.1) is 0 Å². The zero-order valence-electron chi connectivity index (χ0n) is 17.1. The van der Waals surface area contributed by atoms with Crippen LogP contribution in [0.25, 0.3) is 0 Å². The van der Waals surface area contributed by atoms with Gasteiger partial charge in [-0.1, -0.05) is 0 Å². The summed E-state index contributed by atoms with van der Waals surface area (Å²) in [4.78, 5) is 37.0. The Bertz CT molecular complexity index is 791. The summed E-state index contributed by atoms with van der Waals surface area (Å²) in [5, 5.41) is 2.77. The number of nitrogens with one attached hydrogen (secondary N) is 3. The van der Waals surface area contributed by atoms with Crippen LogP contribution in [0.15, 0.2) is 24.3 Å². The van der Waals surface area contributed by atoms with Gasteiger partial charge in [0.15, 0.2) is 6.10 Å². The van der Waals surface area contributed by atoms with E-state index in [1.54, 1.807) is 0 Å². The number of ether oxygens (including phenoxy) is 1. The summed E-state index contributed by atoms with van der Waals surface area (Å²) in [5.41, 5.74) is 4.27. The van der Waals surface area contributed by atoms with Crippen molar-refractivity contribution in [2.75, 3.05) is 6.54 Å². The summed E-state index contributed by atoms with van der Waals surface area (Å²) < 4.78 is 18.3. The molecule has 162 valence electrons. The van der Waals surface area contributed by atoms with Crippen molar-refractivity contribution in [3.63, 3.8) is 0 Å². The Labute approximate surface area is 175 Å². The van der Waals surface area contributed by atoms with Crippen molar-refractivity contribution in [1.82, 2.24) is 16.2 Å². The fourth-order valence-electron chi connectivity index (χ4n) is 5.78. The SMILES string of the molecule is C[C@H](Oc1ccc(F)cc1)C(=O)NNC(=O)CNC(=O)C12CC3CC(CC(C3)C1)C2. The van der Waals surface area contributed by atoms with Crippen molar-refractivity contribution in [3.05, 3.63) is 30.1 Å². The molecule has 1 aromatic rings. The van der Waals surface area contributed by atoms with Gasteiger partial charge in [-0.3, -0.25) is 25.2 Å². The number of hydrogen-bond acceptors (Lipinski definition) is 4. The van der Waals surface area contributed by atoms with Crippen molar-refractivity contribution < 1.29 is 23.5 Å². The van der Waals surface area contributed by atoms with Crippen molar-refractivity contribution >= 4 is 17.7 Å². The number of hydrogen-bond donors (Lipinski definition) is 3. The Balaban J connectivity index is 1.20. The Hall–Kier alpha value is -2.64. The maximum absolute atomic E-state index is 12.9. The molecule has 7 nitrogen and oxygen atoms in total. The van der Waals surface area contributed by atoms with Crippen LogP contribution in [0.3, 0.4) is 0 Å². The first kappa shape index (κ1) is 20.6. The van der Waals surface area contributed by atoms with Gasteiger partial charge in [0, 0.05) is 5.41 Å². The van der Waals surface area contributed by atoms with Crippen molar-refractivity contribution in [2.45, 2.75) is 51.6 Å². The molecule has 8 heteroatoms. The highest BCUT2D eigenvalue weighted by atomic mass is 19.1. The average Bonchev–Trinajstić information content (AvgIpc) is 2.70. The Morgan fingerprint density at radius 2 is 1.60 bits per heavy atom. The standard InChI is InChI=1S/C22H28FN3O4/c1-13(30-18-4-2-17(23)3-5-18)20(28)26-25-19(27)12-24-21(29)22-9-14-6-15(10-22)8-16(7-14)11-22/h2-5,13-16H,6-12H2,1H3,(H,24,29)(H,25,27)(H,26,28)/t13-,14?,15?,16?,22?/m0/s1. The third-order valence-corrected chi connectivity index (χ3v) is 6.75. The maximum atomic E-state index is 12.9. The number of carbonyl (C=O) groups is 3. The molecule has 30 heavy (non-hydrogen) atoms. The fourth-order valence-corrected chi connectivity index (χ4v) is 5.78. The summed E-state index contributed by atoms with van der Waals surface area (Å²) in [6.07, 6.45) is 5.65. The third-order valence-electron chi connectivity index (χ3n) is 6.75. The van der Waals surface area contributed by atoms with E-state index in [4.69, 9.17) is 4.74 Å². The molecular formula is C22H28FN3O4. The lowest BCUT2D eigenvalue weighted by Crippen LogP contribution is -2.55. The van der Waals surface area contributed by atoms with Gasteiger partial charge < -0.3 is 10.1 Å². The average molecular weight is 417 g/mol. The summed E-state index contributed by atoms with van der Waals surface area (Å²) in [5.74, 6) is 0.801. The number of amides is 3. The lowest BCUT2D eigenvalue weighted by Gasteiger charge is -2.55. The predicted octanol–water partition coefficient (Wildman–Crippen LogP) is 2.07. The normalized spacial score (nSPS) is 29.7. The second-order valence-corrected chi connectivity index (χ2v) is 9.13. The number of rotatable bonds is 6. The Morgan fingerprint density at radius 1 is 1.03 bits per heavy atom. The van der Waals surface area contributed by atoms with Crippen LogP contribution in [-0.4, -0.2) is 30.4 Å². The predicted molar refractivity (Wildman–Crippen MR) is 106 cm³/mol. The number of hydrazine groups is 1. The van der Waals surface area contributed by atoms with Crippen molar-refractivity contribution in [1.29, 1.82) is 0 Å². The molecule has 3 amide bonds. The largest absolute Gasteiger partial charge is 0.481 e. The smallest absolute Gasteiger partial charge is 0.279 e. The van der Waals surface area contributed by atoms with E-state index in [1.807, 2.05) is 0 Å². The van der Waals surface area contributed by atoms with E-state index in [-0.39, 0.29) is 17.9 Å². The molecule has 0 aromatic heterocycles. The molecule has 4 saturated carbocycles. The van der Waals surface area contributed by atoms with Crippen LogP contribution in [0, 0.1) is 29.0 Å². The van der Waals surface area contributed by atoms with E-state index in [2.05, 4.69) is 16.2 Å². The van der Waals surface area contributed by atoms with Gasteiger partial charge in [-0.25, -0.2) is 4.39 Å². The molecule has 3 N–H and O–H groups in total. The number of benzene rings is 1. The quantitative estimate of drug-likeness (QED) is 0.618. The molecule has 5 rings (SSSR count). The lowest BCUT2D eigenvalue weighted by molar-refractivity contribution is -0.147. The van der Waals surface area contributed by atoms with Crippen molar-refractivity contribution in [3.8, 4) is 5.75 Å². The minimum Gasteiger partial charge on any atom is -0.481 e. The first-order valence-corrected chi connectivity index (χ1v) is 10.6. The molecule has 0 spiro atoms. The molecule has 0 radical (unpaired) electrons. The molecule has 0 aliphatic heterocycles. The van der Waals surface area contributed by atoms with Gasteiger partial charge in [0.1, 0.15) is 11.6 Å². The Kier molecular flexibility index (Phi) is 5.66. The van der Waals surface area contributed by atoms with Gasteiger partial charge in [0.2, 0.25) is 5.91 Å². The molecular weight excluding hydrogens is 389 g/mol. The number of halogens is 1. The minimum atomic E-state index is -0.891. The van der Waals surface area contributed by atoms with E-state index >= 15 is 0 Å². The van der Waals surface area contributed by atoms with Crippen LogP contribution in [0.4, 0.5) is 4.39 Å². The van der Waals surface area contributed by atoms with Crippen LogP contribution in [-0.2, 0) is 14.4 Å². The molecule has 1 atom stereocenters. The van der Waals surface area contributed by atoms with Crippen LogP contribution in [0.5, 0.6) is 5.75 Å². The summed E-state index contributed by atoms with van der Waals surface area (Å²) in [7, 11) is 0. The molecule has 1 aromatic carbocycles. The highest BCUT2D eigenvalue weighted by Crippen LogP contribution is 2.60. The number of carbonyl (C=O) groups excluding carboxylic acids is 3. The van der Waals surface area contributed by atoms with Gasteiger partial charge in [0.25, 0.3) is 11.8 Å². The first-order valence-electron chi connectivity index (χ1n) is 10.6. The zero-order valence-corrected chi connectivity index (χ0v) is 17.1. The highest BCUT2D eigenvalue weighted by Gasteiger charge is 2.54. The van der Waals surface area contributed by atoms with Gasteiger partial charge in [-0.05, 0) is 87.5 Å². The summed E-state index contributed by atoms with van der Waals surface area (Å²) in [6, 6.07) is 5.29. The molecule has 4 fully saturated rings. The fraction of sp³-hybridized carbons (Fsp3) is 0.591. The van der Waals surface area contributed by atoms with Crippen LogP contribution < -0.4 is 20.9 Å². The van der Waals surface area contributed by atoms with Crippen LogP contribution in [0.1, 0.15) is 45.4 Å². The summed E-state index contributed by atoms with van der Waals surface area (Å²) >= 11 is 0. The summed E-state index contributed by atoms with van der Waals surface area (Å²) in [6.45, 7) is 1.33. The zero-order chi connectivity index (χ0) is 21.3. The Morgan fingerprint density at radius 3 is 2.17 bits per heavy atom. The maximum Gasteiger partial charge on any atom is 0.279 e. The van der Waals surface area contributed by atoms with E-state index in [0.717, 1.165) is 19.3 Å². The monoisotopic (exact) mass is 417 g/mol. The topological polar surface area (TPSA) is 96.5 Å². The first-order chi connectivity index (χ1) is 14.3. The second kappa shape index (κ2) is 8.24.